The molecule has 4 rings (SSSR count). The highest BCUT2D eigenvalue weighted by Gasteiger charge is 2.30. The van der Waals surface area contributed by atoms with Gasteiger partial charge in [-0.3, -0.25) is 9.59 Å². The Morgan fingerprint density at radius 2 is 2.07 bits per heavy atom. The molecule has 2 aromatic heterocycles. The highest BCUT2D eigenvalue weighted by Crippen LogP contribution is 2.21. The monoisotopic (exact) mass is 406 g/mol. The number of rotatable bonds is 5. The van der Waals surface area contributed by atoms with E-state index in [4.69, 9.17) is 0 Å². The van der Waals surface area contributed by atoms with Crippen molar-refractivity contribution in [1.82, 2.24) is 24.8 Å². The van der Waals surface area contributed by atoms with E-state index in [1.165, 1.54) is 0 Å². The summed E-state index contributed by atoms with van der Waals surface area (Å²) in [6.45, 7) is 4.75. The van der Waals surface area contributed by atoms with Crippen LogP contribution in [-0.4, -0.2) is 62.7 Å². The number of para-hydroxylation sites is 2. The van der Waals surface area contributed by atoms with Crippen LogP contribution in [0, 0.1) is 0 Å². The van der Waals surface area contributed by atoms with Crippen LogP contribution >= 0.6 is 0 Å². The molecule has 2 atom stereocenters. The van der Waals surface area contributed by atoms with E-state index in [0.29, 0.717) is 24.5 Å². The van der Waals surface area contributed by atoms with E-state index < -0.39 is 0 Å². The second-order valence-electron chi connectivity index (χ2n) is 7.76. The third kappa shape index (κ3) is 3.98. The third-order valence-electron chi connectivity index (χ3n) is 5.69. The molecule has 0 radical (unpaired) electrons. The maximum absolute atomic E-state index is 12.8. The number of H-pyrrole nitrogens is 1. The fraction of sp³-hybridized carbons (Fsp3) is 0.364. The molecule has 156 valence electrons. The van der Waals surface area contributed by atoms with Crippen LogP contribution in [0.2, 0.25) is 0 Å². The summed E-state index contributed by atoms with van der Waals surface area (Å²) in [5, 5.41) is 3.32. The second kappa shape index (κ2) is 8.14. The SMILES string of the molecule is CC(=O)N(C)[C@H]1CCN(C(=O)c2ccc(N[C@@H](C)c3nc4ccccc4[nH]3)nc2)C1. The number of fused-ring (bicyclic) bond motifs is 1. The number of nitrogens with zero attached hydrogens (tertiary/aromatic N) is 4. The molecule has 0 unspecified atom stereocenters. The maximum atomic E-state index is 12.8. The predicted molar refractivity (Wildman–Crippen MR) is 115 cm³/mol. The van der Waals surface area contributed by atoms with Gasteiger partial charge in [-0.05, 0) is 37.6 Å². The van der Waals surface area contributed by atoms with Gasteiger partial charge in [0.2, 0.25) is 5.91 Å². The summed E-state index contributed by atoms with van der Waals surface area (Å²) in [6, 6.07) is 11.5. The van der Waals surface area contributed by atoms with Gasteiger partial charge in [-0.2, -0.15) is 0 Å². The van der Waals surface area contributed by atoms with Crippen LogP contribution in [0.25, 0.3) is 11.0 Å². The Balaban J connectivity index is 1.39. The van der Waals surface area contributed by atoms with Crippen molar-refractivity contribution in [3.05, 3.63) is 54.0 Å². The zero-order chi connectivity index (χ0) is 21.3. The van der Waals surface area contributed by atoms with Crippen LogP contribution in [0.5, 0.6) is 0 Å². The molecule has 0 bridgehead atoms. The molecule has 1 aromatic carbocycles. The van der Waals surface area contributed by atoms with Gasteiger partial charge in [0.05, 0.1) is 28.7 Å². The van der Waals surface area contributed by atoms with Crippen LogP contribution in [-0.2, 0) is 4.79 Å². The number of carbonyl (C=O) groups excluding carboxylic acids is 2. The molecule has 1 saturated heterocycles. The Bertz CT molecular complexity index is 1030. The number of aromatic nitrogens is 3. The second-order valence-corrected chi connectivity index (χ2v) is 7.76. The Morgan fingerprint density at radius 1 is 1.27 bits per heavy atom. The molecule has 3 aromatic rings. The molecular formula is C22H26N6O2. The van der Waals surface area contributed by atoms with Crippen molar-refractivity contribution >= 4 is 28.7 Å². The van der Waals surface area contributed by atoms with Gasteiger partial charge in [0.15, 0.2) is 0 Å². The van der Waals surface area contributed by atoms with E-state index >= 15 is 0 Å². The van der Waals surface area contributed by atoms with Crippen molar-refractivity contribution in [2.45, 2.75) is 32.4 Å². The number of nitrogens with one attached hydrogen (secondary N) is 2. The number of amides is 2. The fourth-order valence-electron chi connectivity index (χ4n) is 3.76. The smallest absolute Gasteiger partial charge is 0.255 e. The molecule has 30 heavy (non-hydrogen) atoms. The van der Waals surface area contributed by atoms with Crippen molar-refractivity contribution in [3.63, 3.8) is 0 Å². The van der Waals surface area contributed by atoms with Crippen LogP contribution in [0.4, 0.5) is 5.82 Å². The zero-order valence-corrected chi connectivity index (χ0v) is 17.4. The van der Waals surface area contributed by atoms with E-state index in [1.54, 1.807) is 36.0 Å². The molecule has 8 heteroatoms. The Hall–Kier alpha value is -3.42. The molecular weight excluding hydrogens is 380 g/mol. The number of carbonyl (C=O) groups is 2. The van der Waals surface area contributed by atoms with E-state index in [-0.39, 0.29) is 23.9 Å². The molecule has 2 amide bonds. The summed E-state index contributed by atoms with van der Waals surface area (Å²) in [4.78, 5) is 40.2. The summed E-state index contributed by atoms with van der Waals surface area (Å²) in [5.74, 6) is 1.47. The maximum Gasteiger partial charge on any atom is 0.255 e. The minimum Gasteiger partial charge on any atom is -0.360 e. The van der Waals surface area contributed by atoms with E-state index in [0.717, 1.165) is 23.3 Å². The number of likely N-dealkylation sites (N-methyl/N-ethyl adjacent to an activating group) is 1. The minimum absolute atomic E-state index is 0.0185. The summed E-state index contributed by atoms with van der Waals surface area (Å²) >= 11 is 0. The van der Waals surface area contributed by atoms with E-state index in [2.05, 4.69) is 20.3 Å². The molecule has 0 aliphatic carbocycles. The highest BCUT2D eigenvalue weighted by molar-refractivity contribution is 5.94. The normalized spacial score (nSPS) is 17.2. The number of hydrogen-bond donors (Lipinski definition) is 2. The zero-order valence-electron chi connectivity index (χ0n) is 17.4. The average Bonchev–Trinajstić information content (AvgIpc) is 3.40. The largest absolute Gasteiger partial charge is 0.360 e. The molecule has 8 nitrogen and oxygen atoms in total. The molecule has 3 heterocycles. The molecule has 1 fully saturated rings. The molecule has 1 aliphatic heterocycles. The van der Waals surface area contributed by atoms with Gasteiger partial charge in [-0.25, -0.2) is 9.97 Å². The first kappa shape index (κ1) is 19.9. The predicted octanol–water partition coefficient (Wildman–Crippen LogP) is 2.82. The lowest BCUT2D eigenvalue weighted by Gasteiger charge is -2.23. The van der Waals surface area contributed by atoms with Crippen molar-refractivity contribution in [2.75, 3.05) is 25.5 Å². The van der Waals surface area contributed by atoms with Crippen molar-refractivity contribution in [1.29, 1.82) is 0 Å². The number of anilines is 1. The van der Waals surface area contributed by atoms with Crippen LogP contribution < -0.4 is 5.32 Å². The number of hydrogen-bond acceptors (Lipinski definition) is 5. The van der Waals surface area contributed by atoms with E-state index in [9.17, 15) is 9.59 Å². The topological polar surface area (TPSA) is 94.2 Å². The van der Waals surface area contributed by atoms with Gasteiger partial charge in [0.1, 0.15) is 11.6 Å². The van der Waals surface area contributed by atoms with Gasteiger partial charge in [-0.1, -0.05) is 12.1 Å². The van der Waals surface area contributed by atoms with Crippen LogP contribution in [0.3, 0.4) is 0 Å². The highest BCUT2D eigenvalue weighted by atomic mass is 16.2. The van der Waals surface area contributed by atoms with Crippen molar-refractivity contribution in [2.24, 2.45) is 0 Å². The number of likely N-dealkylation sites (tertiary alicyclic amines) is 1. The number of pyridine rings is 1. The number of benzene rings is 1. The summed E-state index contributed by atoms with van der Waals surface area (Å²) in [5.41, 5.74) is 2.46. The first-order valence-electron chi connectivity index (χ1n) is 10.1. The molecule has 0 spiro atoms. The summed E-state index contributed by atoms with van der Waals surface area (Å²) in [7, 11) is 1.78. The van der Waals surface area contributed by atoms with Gasteiger partial charge in [-0.15, -0.1) is 0 Å². The summed E-state index contributed by atoms with van der Waals surface area (Å²) < 4.78 is 0. The lowest BCUT2D eigenvalue weighted by Crippen LogP contribution is -2.38. The minimum atomic E-state index is -0.0621. The molecule has 2 N–H and O–H groups in total. The van der Waals surface area contributed by atoms with Crippen LogP contribution in [0.15, 0.2) is 42.6 Å². The Morgan fingerprint density at radius 3 is 2.77 bits per heavy atom. The fourth-order valence-corrected chi connectivity index (χ4v) is 3.76. The lowest BCUT2D eigenvalue weighted by molar-refractivity contribution is -0.129. The Labute approximate surface area is 175 Å². The molecule has 1 aliphatic rings. The third-order valence-corrected chi connectivity index (χ3v) is 5.69. The van der Waals surface area contributed by atoms with Gasteiger partial charge < -0.3 is 20.1 Å². The van der Waals surface area contributed by atoms with Gasteiger partial charge >= 0.3 is 0 Å². The quantitative estimate of drug-likeness (QED) is 0.680. The standard InChI is InChI=1S/C22H26N6O2/c1-14(21-25-18-6-4-5-7-19(18)26-21)24-20-9-8-16(12-23-20)22(30)28-11-10-17(13-28)27(3)15(2)29/h4-9,12,14,17H,10-11,13H2,1-3H3,(H,23,24)(H,25,26)/t14-,17-/m0/s1. The average molecular weight is 406 g/mol. The van der Waals surface area contributed by atoms with Gasteiger partial charge in [0, 0.05) is 33.3 Å². The van der Waals surface area contributed by atoms with Crippen molar-refractivity contribution in [3.8, 4) is 0 Å². The van der Waals surface area contributed by atoms with Crippen molar-refractivity contribution < 1.29 is 9.59 Å². The lowest BCUT2D eigenvalue weighted by atomic mass is 10.2. The number of aromatic amines is 1. The first-order valence-corrected chi connectivity index (χ1v) is 10.1. The van der Waals surface area contributed by atoms with Crippen LogP contribution in [0.1, 0.15) is 42.5 Å². The molecule has 0 saturated carbocycles. The number of imidazole rings is 1. The first-order chi connectivity index (χ1) is 14.4. The summed E-state index contributed by atoms with van der Waals surface area (Å²) in [6.07, 6.45) is 2.39. The Kier molecular flexibility index (Phi) is 5.39. The van der Waals surface area contributed by atoms with E-state index in [1.807, 2.05) is 37.3 Å². The van der Waals surface area contributed by atoms with Gasteiger partial charge in [0.25, 0.3) is 5.91 Å².